The number of benzene rings is 1. The van der Waals surface area contributed by atoms with Crippen molar-refractivity contribution in [1.82, 2.24) is 4.98 Å². The summed E-state index contributed by atoms with van der Waals surface area (Å²) >= 11 is 0. The summed E-state index contributed by atoms with van der Waals surface area (Å²) in [6, 6.07) is 12.5. The van der Waals surface area contributed by atoms with Crippen molar-refractivity contribution in [1.29, 1.82) is 0 Å². The second-order valence-corrected chi connectivity index (χ2v) is 5.79. The average Bonchev–Trinajstić information content (AvgIpc) is 2.56. The molecule has 3 rings (SSSR count). The van der Waals surface area contributed by atoms with E-state index in [1.807, 2.05) is 18.2 Å². The lowest BCUT2D eigenvalue weighted by atomic mass is 9.95. The maximum atomic E-state index is 12.7. The smallest absolute Gasteiger partial charge is 0.249 e. The highest BCUT2D eigenvalue weighted by atomic mass is 16.1. The van der Waals surface area contributed by atoms with Crippen LogP contribution in [0.1, 0.15) is 48.0 Å². The number of ketones is 1. The molecule has 0 aliphatic heterocycles. The molecule has 1 heterocycles. The molecule has 0 atom stereocenters. The molecule has 0 spiro atoms. The van der Waals surface area contributed by atoms with Gasteiger partial charge in [-0.1, -0.05) is 49.6 Å². The molecule has 114 valence electrons. The molecule has 4 nitrogen and oxygen atoms in total. The summed E-state index contributed by atoms with van der Waals surface area (Å²) in [5.41, 5.74) is 0.959. The molecular weight excluding hydrogens is 276 g/mol. The fourth-order valence-electron chi connectivity index (χ4n) is 2.97. The van der Waals surface area contributed by atoms with E-state index in [0.29, 0.717) is 23.0 Å². The van der Waals surface area contributed by atoms with Crippen molar-refractivity contribution < 1.29 is 4.79 Å². The first-order valence-corrected chi connectivity index (χ1v) is 7.83. The monoisotopic (exact) mass is 296 g/mol. The van der Waals surface area contributed by atoms with Gasteiger partial charge in [0.2, 0.25) is 5.56 Å². The maximum Gasteiger partial charge on any atom is 0.249 e. The minimum Gasteiger partial charge on any atom is -0.368 e. The lowest BCUT2D eigenvalue weighted by molar-refractivity contribution is 0.103. The summed E-state index contributed by atoms with van der Waals surface area (Å²) in [7, 11) is 0. The van der Waals surface area contributed by atoms with Gasteiger partial charge in [0, 0.05) is 17.7 Å². The Bertz CT molecular complexity index is 701. The van der Waals surface area contributed by atoms with Gasteiger partial charge in [0.25, 0.3) is 0 Å². The normalized spacial score (nSPS) is 15.5. The number of nitrogens with one attached hydrogen (secondary N) is 2. The molecule has 1 fully saturated rings. The minimum atomic E-state index is -0.192. The maximum absolute atomic E-state index is 12.7. The number of aromatic amines is 1. The number of H-pyrrole nitrogens is 1. The number of hydrogen-bond donors (Lipinski definition) is 2. The molecule has 1 aliphatic rings. The molecule has 0 radical (unpaired) electrons. The highest BCUT2D eigenvalue weighted by Crippen LogP contribution is 2.23. The Morgan fingerprint density at radius 2 is 1.73 bits per heavy atom. The summed E-state index contributed by atoms with van der Waals surface area (Å²) in [6.07, 6.45) is 5.80. The molecule has 1 aromatic carbocycles. The zero-order chi connectivity index (χ0) is 15.4. The van der Waals surface area contributed by atoms with Crippen molar-refractivity contribution in [3.8, 4) is 0 Å². The van der Waals surface area contributed by atoms with E-state index in [1.54, 1.807) is 18.2 Å². The van der Waals surface area contributed by atoms with Crippen LogP contribution >= 0.6 is 0 Å². The van der Waals surface area contributed by atoms with Crippen molar-refractivity contribution in [3.63, 3.8) is 0 Å². The fourth-order valence-corrected chi connectivity index (χ4v) is 2.97. The lowest BCUT2D eigenvalue weighted by Gasteiger charge is -2.24. The second kappa shape index (κ2) is 6.60. The highest BCUT2D eigenvalue weighted by molar-refractivity contribution is 6.11. The third-order valence-corrected chi connectivity index (χ3v) is 4.15. The molecule has 0 saturated heterocycles. The largest absolute Gasteiger partial charge is 0.368 e. The number of anilines is 1. The van der Waals surface area contributed by atoms with Crippen LogP contribution < -0.4 is 10.9 Å². The van der Waals surface area contributed by atoms with Crippen LogP contribution in [-0.4, -0.2) is 16.8 Å². The van der Waals surface area contributed by atoms with E-state index in [0.717, 1.165) is 12.8 Å². The average molecular weight is 296 g/mol. The molecule has 1 saturated carbocycles. The van der Waals surface area contributed by atoms with Crippen LogP contribution in [0.25, 0.3) is 0 Å². The number of carbonyl (C=O) groups is 1. The van der Waals surface area contributed by atoms with E-state index in [2.05, 4.69) is 10.3 Å². The van der Waals surface area contributed by atoms with Crippen LogP contribution in [0.3, 0.4) is 0 Å². The molecule has 0 unspecified atom stereocenters. The lowest BCUT2D eigenvalue weighted by Crippen LogP contribution is -2.26. The zero-order valence-corrected chi connectivity index (χ0v) is 12.5. The second-order valence-electron chi connectivity index (χ2n) is 5.79. The van der Waals surface area contributed by atoms with Crippen LogP contribution in [0.4, 0.5) is 5.82 Å². The number of pyridine rings is 1. The molecule has 2 aromatic rings. The van der Waals surface area contributed by atoms with Crippen LogP contribution in [0.2, 0.25) is 0 Å². The van der Waals surface area contributed by atoms with Crippen LogP contribution in [0.15, 0.2) is 47.3 Å². The summed E-state index contributed by atoms with van der Waals surface area (Å²) in [4.78, 5) is 27.1. The molecule has 22 heavy (non-hydrogen) atoms. The van der Waals surface area contributed by atoms with Gasteiger partial charge < -0.3 is 10.3 Å². The Labute approximate surface area is 129 Å². The van der Waals surface area contributed by atoms with Gasteiger partial charge in [0.1, 0.15) is 5.82 Å². The molecule has 0 bridgehead atoms. The van der Waals surface area contributed by atoms with E-state index in [4.69, 9.17) is 0 Å². The number of carbonyl (C=O) groups excluding carboxylic acids is 1. The van der Waals surface area contributed by atoms with Gasteiger partial charge in [0.05, 0.1) is 5.56 Å². The van der Waals surface area contributed by atoms with Gasteiger partial charge in [0.15, 0.2) is 5.78 Å². The molecular formula is C18H20N2O2. The Balaban J connectivity index is 1.90. The van der Waals surface area contributed by atoms with Gasteiger partial charge in [-0.3, -0.25) is 9.59 Å². The number of aromatic nitrogens is 1. The van der Waals surface area contributed by atoms with E-state index in [9.17, 15) is 9.59 Å². The summed E-state index contributed by atoms with van der Waals surface area (Å²) < 4.78 is 0. The Hall–Kier alpha value is -2.36. The number of rotatable bonds is 4. The van der Waals surface area contributed by atoms with Crippen LogP contribution in [0, 0.1) is 0 Å². The Morgan fingerprint density at radius 1 is 1.00 bits per heavy atom. The first-order chi connectivity index (χ1) is 10.7. The number of hydrogen-bond acceptors (Lipinski definition) is 3. The van der Waals surface area contributed by atoms with Crippen molar-refractivity contribution >= 4 is 11.6 Å². The SMILES string of the molecule is O=C(c1ccccc1)c1ccc(=O)[nH]c1NC1CCCCC1. The van der Waals surface area contributed by atoms with Crippen LogP contribution in [0.5, 0.6) is 0 Å². The van der Waals surface area contributed by atoms with Gasteiger partial charge in [-0.2, -0.15) is 0 Å². The quantitative estimate of drug-likeness (QED) is 0.851. The minimum absolute atomic E-state index is 0.0739. The zero-order valence-electron chi connectivity index (χ0n) is 12.5. The van der Waals surface area contributed by atoms with E-state index >= 15 is 0 Å². The van der Waals surface area contributed by atoms with Crippen molar-refractivity contribution in [3.05, 3.63) is 63.9 Å². The van der Waals surface area contributed by atoms with Gasteiger partial charge >= 0.3 is 0 Å². The van der Waals surface area contributed by atoms with E-state index < -0.39 is 0 Å². The molecule has 0 amide bonds. The molecule has 4 heteroatoms. The molecule has 2 N–H and O–H groups in total. The van der Waals surface area contributed by atoms with Crippen molar-refractivity contribution in [2.75, 3.05) is 5.32 Å². The highest BCUT2D eigenvalue weighted by Gasteiger charge is 2.18. The first kappa shape index (κ1) is 14.6. The van der Waals surface area contributed by atoms with Gasteiger partial charge in [-0.15, -0.1) is 0 Å². The standard InChI is InChI=1S/C18H20N2O2/c21-16-12-11-15(17(22)13-7-3-1-4-8-13)18(20-16)19-14-9-5-2-6-10-14/h1,3-4,7-8,11-12,14H,2,5-6,9-10H2,(H2,19,20,21). The van der Waals surface area contributed by atoms with E-state index in [-0.39, 0.29) is 11.3 Å². The summed E-state index contributed by atoms with van der Waals surface area (Å²) in [6.45, 7) is 0. The van der Waals surface area contributed by atoms with E-state index in [1.165, 1.54) is 25.3 Å². The van der Waals surface area contributed by atoms with Gasteiger partial charge in [-0.05, 0) is 18.9 Å². The summed E-state index contributed by atoms with van der Waals surface area (Å²) in [5.74, 6) is 0.475. The van der Waals surface area contributed by atoms with Crippen molar-refractivity contribution in [2.24, 2.45) is 0 Å². The molecule has 1 aliphatic carbocycles. The first-order valence-electron chi connectivity index (χ1n) is 7.83. The Morgan fingerprint density at radius 3 is 2.45 bits per heavy atom. The van der Waals surface area contributed by atoms with Gasteiger partial charge in [-0.25, -0.2) is 0 Å². The fraction of sp³-hybridized carbons (Fsp3) is 0.333. The molecule has 1 aromatic heterocycles. The third kappa shape index (κ3) is 3.27. The van der Waals surface area contributed by atoms with Crippen molar-refractivity contribution in [2.45, 2.75) is 38.1 Å². The summed E-state index contributed by atoms with van der Waals surface area (Å²) in [5, 5.41) is 3.36. The topological polar surface area (TPSA) is 62.0 Å². The third-order valence-electron chi connectivity index (χ3n) is 4.15. The predicted molar refractivity (Wildman–Crippen MR) is 87.4 cm³/mol. The Kier molecular flexibility index (Phi) is 4.37. The predicted octanol–water partition coefficient (Wildman–Crippen LogP) is 3.35. The van der Waals surface area contributed by atoms with Crippen LogP contribution in [-0.2, 0) is 0 Å².